The van der Waals surface area contributed by atoms with Gasteiger partial charge in [-0.3, -0.25) is 4.79 Å². The first kappa shape index (κ1) is 13.5. The van der Waals surface area contributed by atoms with Gasteiger partial charge in [-0.2, -0.15) is 0 Å². The molecule has 0 unspecified atom stereocenters. The maximum Gasteiger partial charge on any atom is 0.251 e. The summed E-state index contributed by atoms with van der Waals surface area (Å²) in [5.41, 5.74) is 0.472. The van der Waals surface area contributed by atoms with E-state index in [2.05, 4.69) is 5.32 Å². The highest BCUT2D eigenvalue weighted by Crippen LogP contribution is 2.10. The molecule has 0 bridgehead atoms. The minimum atomic E-state index is -3.05. The fourth-order valence-corrected chi connectivity index (χ4v) is 1.67. The molecular formula is C11H15NO4S. The SMILES string of the molecule is COc1ccc(C(=O)NCCS(C)(=O)=O)cc1. The lowest BCUT2D eigenvalue weighted by atomic mass is 10.2. The van der Waals surface area contributed by atoms with Gasteiger partial charge in [-0.25, -0.2) is 8.42 Å². The third-order valence-electron chi connectivity index (χ3n) is 2.11. The molecule has 0 saturated carbocycles. The summed E-state index contributed by atoms with van der Waals surface area (Å²) in [6.07, 6.45) is 1.13. The molecule has 0 radical (unpaired) electrons. The van der Waals surface area contributed by atoms with E-state index in [1.54, 1.807) is 31.4 Å². The van der Waals surface area contributed by atoms with E-state index < -0.39 is 9.84 Å². The summed E-state index contributed by atoms with van der Waals surface area (Å²) >= 11 is 0. The lowest BCUT2D eigenvalue weighted by Gasteiger charge is -2.05. The average Bonchev–Trinajstić information content (AvgIpc) is 2.27. The number of benzene rings is 1. The van der Waals surface area contributed by atoms with Crippen molar-refractivity contribution in [3.05, 3.63) is 29.8 Å². The molecule has 1 N–H and O–H groups in total. The molecular weight excluding hydrogens is 242 g/mol. The van der Waals surface area contributed by atoms with Gasteiger partial charge in [-0.05, 0) is 24.3 Å². The van der Waals surface area contributed by atoms with Gasteiger partial charge < -0.3 is 10.1 Å². The second kappa shape index (κ2) is 5.67. The monoisotopic (exact) mass is 257 g/mol. The fourth-order valence-electron chi connectivity index (χ4n) is 1.19. The molecule has 94 valence electrons. The Labute approximate surface area is 101 Å². The second-order valence-corrected chi connectivity index (χ2v) is 5.87. The molecule has 0 aliphatic heterocycles. The van der Waals surface area contributed by atoms with Crippen molar-refractivity contribution in [2.75, 3.05) is 25.7 Å². The summed E-state index contributed by atoms with van der Waals surface area (Å²) < 4.78 is 26.7. The molecule has 0 saturated heterocycles. The summed E-state index contributed by atoms with van der Waals surface area (Å²) in [7, 11) is -1.50. The Balaban J connectivity index is 2.52. The van der Waals surface area contributed by atoms with E-state index in [4.69, 9.17) is 4.74 Å². The van der Waals surface area contributed by atoms with Crippen molar-refractivity contribution >= 4 is 15.7 Å². The molecule has 1 aromatic carbocycles. The van der Waals surface area contributed by atoms with Crippen LogP contribution in [0.1, 0.15) is 10.4 Å². The van der Waals surface area contributed by atoms with Gasteiger partial charge in [0.15, 0.2) is 0 Å². The van der Waals surface area contributed by atoms with Gasteiger partial charge in [0.1, 0.15) is 15.6 Å². The van der Waals surface area contributed by atoms with Crippen molar-refractivity contribution in [3.8, 4) is 5.75 Å². The number of hydrogen-bond acceptors (Lipinski definition) is 4. The van der Waals surface area contributed by atoms with Crippen LogP contribution in [-0.2, 0) is 9.84 Å². The number of methoxy groups -OCH3 is 1. The highest BCUT2D eigenvalue weighted by atomic mass is 32.2. The number of hydrogen-bond donors (Lipinski definition) is 1. The minimum absolute atomic E-state index is 0.0606. The van der Waals surface area contributed by atoms with E-state index in [9.17, 15) is 13.2 Å². The van der Waals surface area contributed by atoms with Crippen molar-refractivity contribution in [1.29, 1.82) is 0 Å². The van der Waals surface area contributed by atoms with Crippen molar-refractivity contribution < 1.29 is 17.9 Å². The fraction of sp³-hybridized carbons (Fsp3) is 0.364. The van der Waals surface area contributed by atoms with Gasteiger partial charge >= 0.3 is 0 Å². The largest absolute Gasteiger partial charge is 0.497 e. The zero-order valence-corrected chi connectivity index (χ0v) is 10.6. The summed E-state index contributed by atoms with van der Waals surface area (Å²) in [5, 5.41) is 2.53. The van der Waals surface area contributed by atoms with Crippen LogP contribution in [0.5, 0.6) is 5.75 Å². The van der Waals surface area contributed by atoms with Gasteiger partial charge in [-0.1, -0.05) is 0 Å². The summed E-state index contributed by atoms with van der Waals surface area (Å²) in [6, 6.07) is 6.58. The zero-order valence-electron chi connectivity index (χ0n) is 9.76. The topological polar surface area (TPSA) is 72.5 Å². The highest BCUT2D eigenvalue weighted by molar-refractivity contribution is 7.90. The van der Waals surface area contributed by atoms with Crippen LogP contribution < -0.4 is 10.1 Å². The Bertz CT molecular complexity index is 479. The van der Waals surface area contributed by atoms with Gasteiger partial charge in [0.25, 0.3) is 5.91 Å². The third kappa shape index (κ3) is 4.86. The summed E-state index contributed by atoms with van der Waals surface area (Å²) in [6.45, 7) is 0.115. The minimum Gasteiger partial charge on any atom is -0.497 e. The van der Waals surface area contributed by atoms with Crippen LogP contribution in [-0.4, -0.2) is 40.0 Å². The molecule has 0 heterocycles. The van der Waals surface area contributed by atoms with Gasteiger partial charge in [0.05, 0.1) is 12.9 Å². The second-order valence-electron chi connectivity index (χ2n) is 3.61. The van der Waals surface area contributed by atoms with Crippen molar-refractivity contribution in [1.82, 2.24) is 5.32 Å². The Hall–Kier alpha value is -1.56. The zero-order chi connectivity index (χ0) is 12.9. The molecule has 1 aromatic rings. The Morgan fingerprint density at radius 2 is 1.88 bits per heavy atom. The van der Waals surface area contributed by atoms with Crippen LogP contribution in [0.2, 0.25) is 0 Å². The standard InChI is InChI=1S/C11H15NO4S/c1-16-10-5-3-9(4-6-10)11(13)12-7-8-17(2,14)15/h3-6H,7-8H2,1-2H3,(H,12,13). The number of carbonyl (C=O) groups excluding carboxylic acids is 1. The molecule has 17 heavy (non-hydrogen) atoms. The summed E-state index contributed by atoms with van der Waals surface area (Å²) in [5.74, 6) is 0.309. The van der Waals surface area contributed by atoms with Crippen LogP contribution in [0.25, 0.3) is 0 Å². The van der Waals surface area contributed by atoms with Crippen LogP contribution in [0.15, 0.2) is 24.3 Å². The quantitative estimate of drug-likeness (QED) is 0.832. The number of amides is 1. The predicted molar refractivity (Wildman–Crippen MR) is 65.0 cm³/mol. The van der Waals surface area contributed by atoms with E-state index in [0.717, 1.165) is 6.26 Å². The number of rotatable bonds is 5. The van der Waals surface area contributed by atoms with Crippen molar-refractivity contribution in [2.24, 2.45) is 0 Å². The maximum absolute atomic E-state index is 11.6. The Morgan fingerprint density at radius 3 is 2.35 bits per heavy atom. The van der Waals surface area contributed by atoms with Crippen molar-refractivity contribution in [2.45, 2.75) is 0 Å². The van der Waals surface area contributed by atoms with E-state index >= 15 is 0 Å². The van der Waals surface area contributed by atoms with Crippen LogP contribution in [0.3, 0.4) is 0 Å². The molecule has 0 aliphatic carbocycles. The number of carbonyl (C=O) groups is 1. The van der Waals surface area contributed by atoms with Crippen LogP contribution >= 0.6 is 0 Å². The maximum atomic E-state index is 11.6. The molecule has 5 nitrogen and oxygen atoms in total. The van der Waals surface area contributed by atoms with Gasteiger partial charge in [0, 0.05) is 18.4 Å². The first-order valence-corrected chi connectivity index (χ1v) is 7.08. The molecule has 0 fully saturated rings. The first-order chi connectivity index (χ1) is 7.92. The molecule has 1 amide bonds. The van der Waals surface area contributed by atoms with Crippen LogP contribution in [0, 0.1) is 0 Å². The summed E-state index contributed by atoms with van der Waals surface area (Å²) in [4.78, 5) is 11.6. The molecule has 0 atom stereocenters. The van der Waals surface area contributed by atoms with E-state index in [0.29, 0.717) is 11.3 Å². The number of sulfone groups is 1. The predicted octanol–water partition coefficient (Wildman–Crippen LogP) is 0.470. The smallest absolute Gasteiger partial charge is 0.251 e. The van der Waals surface area contributed by atoms with E-state index in [1.165, 1.54) is 0 Å². The normalized spacial score (nSPS) is 10.9. The van der Waals surface area contributed by atoms with Crippen molar-refractivity contribution in [3.63, 3.8) is 0 Å². The first-order valence-electron chi connectivity index (χ1n) is 5.02. The van der Waals surface area contributed by atoms with Crippen LogP contribution in [0.4, 0.5) is 0 Å². The molecule has 0 aromatic heterocycles. The van der Waals surface area contributed by atoms with Gasteiger partial charge in [0.2, 0.25) is 0 Å². The number of ether oxygens (including phenoxy) is 1. The number of nitrogens with one attached hydrogen (secondary N) is 1. The Kier molecular flexibility index (Phi) is 4.51. The van der Waals surface area contributed by atoms with Gasteiger partial charge in [-0.15, -0.1) is 0 Å². The third-order valence-corrected chi connectivity index (χ3v) is 3.06. The average molecular weight is 257 g/mol. The molecule has 1 rings (SSSR count). The Morgan fingerprint density at radius 1 is 1.29 bits per heavy atom. The highest BCUT2D eigenvalue weighted by Gasteiger charge is 2.07. The molecule has 6 heteroatoms. The lowest BCUT2D eigenvalue weighted by Crippen LogP contribution is -2.28. The molecule has 0 aliphatic rings. The van der Waals surface area contributed by atoms with E-state index in [1.807, 2.05) is 0 Å². The lowest BCUT2D eigenvalue weighted by molar-refractivity contribution is 0.0956. The molecule has 0 spiro atoms. The van der Waals surface area contributed by atoms with E-state index in [-0.39, 0.29) is 18.2 Å².